The lowest BCUT2D eigenvalue weighted by Gasteiger charge is -2.18. The number of furan rings is 1. The lowest BCUT2D eigenvalue weighted by Crippen LogP contribution is -2.34. The standard InChI is InChI=1S/C14H14FNO5S/c1-14(13(17)18)4-5-16(8-14)22(19,20)12-7-9-6-10(15)2-3-11(9)21-12/h2-3,6-7H,4-5,8H2,1H3,(H,17,18). The van der Waals surface area contributed by atoms with Crippen molar-refractivity contribution < 1.29 is 27.1 Å². The molecule has 1 fully saturated rings. The molecule has 1 aliphatic heterocycles. The van der Waals surface area contributed by atoms with Crippen LogP contribution in [0.5, 0.6) is 0 Å². The molecule has 0 bridgehead atoms. The fourth-order valence-electron chi connectivity index (χ4n) is 2.54. The number of sulfonamides is 1. The summed E-state index contributed by atoms with van der Waals surface area (Å²) in [5.41, 5.74) is -0.842. The monoisotopic (exact) mass is 327 g/mol. The third kappa shape index (κ3) is 2.28. The van der Waals surface area contributed by atoms with E-state index in [1.807, 2.05) is 0 Å². The molecule has 0 radical (unpaired) electrons. The predicted molar refractivity (Wildman–Crippen MR) is 75.3 cm³/mol. The smallest absolute Gasteiger partial charge is 0.310 e. The molecule has 1 aromatic heterocycles. The van der Waals surface area contributed by atoms with Gasteiger partial charge in [-0.2, -0.15) is 4.31 Å². The molecule has 0 spiro atoms. The first-order valence-corrected chi connectivity index (χ1v) is 8.09. The van der Waals surface area contributed by atoms with Gasteiger partial charge in [0.25, 0.3) is 10.0 Å². The van der Waals surface area contributed by atoms with Crippen molar-refractivity contribution in [2.75, 3.05) is 13.1 Å². The number of hydrogen-bond acceptors (Lipinski definition) is 4. The molecule has 0 amide bonds. The van der Waals surface area contributed by atoms with E-state index in [9.17, 15) is 22.7 Å². The van der Waals surface area contributed by atoms with Gasteiger partial charge in [-0.25, -0.2) is 12.8 Å². The van der Waals surface area contributed by atoms with Crippen LogP contribution in [0.1, 0.15) is 13.3 Å². The molecule has 1 aliphatic rings. The third-order valence-corrected chi connectivity index (χ3v) is 5.71. The van der Waals surface area contributed by atoms with Gasteiger partial charge in [-0.1, -0.05) is 0 Å². The number of aliphatic carboxylic acids is 1. The summed E-state index contributed by atoms with van der Waals surface area (Å²) in [6.45, 7) is 1.51. The van der Waals surface area contributed by atoms with Crippen molar-refractivity contribution in [3.63, 3.8) is 0 Å². The van der Waals surface area contributed by atoms with Gasteiger partial charge in [-0.15, -0.1) is 0 Å². The van der Waals surface area contributed by atoms with Gasteiger partial charge in [-0.05, 0) is 31.5 Å². The van der Waals surface area contributed by atoms with E-state index in [1.165, 1.54) is 31.2 Å². The van der Waals surface area contributed by atoms with Crippen LogP contribution in [0.4, 0.5) is 4.39 Å². The maximum atomic E-state index is 13.2. The van der Waals surface area contributed by atoms with Crippen LogP contribution >= 0.6 is 0 Å². The zero-order valence-corrected chi connectivity index (χ0v) is 12.6. The number of rotatable bonds is 3. The fourth-order valence-corrected chi connectivity index (χ4v) is 4.05. The molecule has 118 valence electrons. The van der Waals surface area contributed by atoms with Gasteiger partial charge in [0.1, 0.15) is 11.4 Å². The Labute approximate surface area is 126 Å². The van der Waals surface area contributed by atoms with Gasteiger partial charge >= 0.3 is 5.97 Å². The Hall–Kier alpha value is -1.93. The average Bonchev–Trinajstić information content (AvgIpc) is 3.03. The number of carboxylic acid groups (broad SMARTS) is 1. The molecule has 6 nitrogen and oxygen atoms in total. The van der Waals surface area contributed by atoms with Crippen molar-refractivity contribution in [2.24, 2.45) is 5.41 Å². The first-order valence-electron chi connectivity index (χ1n) is 6.65. The van der Waals surface area contributed by atoms with E-state index in [2.05, 4.69) is 0 Å². The maximum absolute atomic E-state index is 13.2. The van der Waals surface area contributed by atoms with E-state index in [-0.39, 0.29) is 30.2 Å². The fraction of sp³-hybridized carbons (Fsp3) is 0.357. The summed E-state index contributed by atoms with van der Waals surface area (Å²) in [5.74, 6) is -1.52. The minimum absolute atomic E-state index is 0.108. The number of nitrogens with zero attached hydrogens (tertiary/aromatic N) is 1. The molecule has 2 aromatic rings. The summed E-state index contributed by atoms with van der Waals surface area (Å²) in [6, 6.07) is 4.97. The second-order valence-electron chi connectivity index (χ2n) is 5.70. The Bertz CT molecular complexity index is 859. The van der Waals surface area contributed by atoms with Gasteiger partial charge < -0.3 is 9.52 Å². The normalized spacial score (nSPS) is 23.2. The highest BCUT2D eigenvalue weighted by Gasteiger charge is 2.45. The molecular weight excluding hydrogens is 313 g/mol. The third-order valence-electron chi connectivity index (χ3n) is 4.00. The Morgan fingerprint density at radius 1 is 1.41 bits per heavy atom. The molecule has 2 heterocycles. The highest BCUT2D eigenvalue weighted by molar-refractivity contribution is 7.89. The van der Waals surface area contributed by atoms with Crippen molar-refractivity contribution in [3.05, 3.63) is 30.1 Å². The highest BCUT2D eigenvalue weighted by atomic mass is 32.2. The summed E-state index contributed by atoms with van der Waals surface area (Å²) in [4.78, 5) is 11.2. The number of hydrogen-bond donors (Lipinski definition) is 1. The molecule has 0 saturated carbocycles. The van der Waals surface area contributed by atoms with Crippen LogP contribution in [0.15, 0.2) is 33.8 Å². The summed E-state index contributed by atoms with van der Waals surface area (Å²) in [5, 5.41) is 9.23. The van der Waals surface area contributed by atoms with E-state index in [0.717, 1.165) is 4.31 Å². The van der Waals surface area contributed by atoms with Crippen LogP contribution in [0, 0.1) is 11.2 Å². The van der Waals surface area contributed by atoms with E-state index in [0.29, 0.717) is 5.39 Å². The molecule has 1 unspecified atom stereocenters. The largest absolute Gasteiger partial charge is 0.481 e. The molecule has 1 saturated heterocycles. The molecule has 1 atom stereocenters. The van der Waals surface area contributed by atoms with E-state index in [4.69, 9.17) is 4.42 Å². The van der Waals surface area contributed by atoms with Gasteiger partial charge in [0, 0.05) is 24.5 Å². The number of carboxylic acids is 1. The molecular formula is C14H14FNO5S. The van der Waals surface area contributed by atoms with Crippen LogP contribution in [-0.2, 0) is 14.8 Å². The molecule has 0 aliphatic carbocycles. The second kappa shape index (κ2) is 4.79. The number of halogens is 1. The van der Waals surface area contributed by atoms with Crippen LogP contribution in [0.3, 0.4) is 0 Å². The van der Waals surface area contributed by atoms with E-state index < -0.39 is 27.2 Å². The van der Waals surface area contributed by atoms with Crippen molar-refractivity contribution >= 4 is 27.0 Å². The van der Waals surface area contributed by atoms with Crippen LogP contribution in [0.2, 0.25) is 0 Å². The van der Waals surface area contributed by atoms with E-state index in [1.54, 1.807) is 0 Å². The van der Waals surface area contributed by atoms with Crippen molar-refractivity contribution in [1.29, 1.82) is 0 Å². The van der Waals surface area contributed by atoms with Crippen molar-refractivity contribution in [1.82, 2.24) is 4.31 Å². The van der Waals surface area contributed by atoms with Crippen molar-refractivity contribution in [2.45, 2.75) is 18.4 Å². The second-order valence-corrected chi connectivity index (χ2v) is 7.57. The Kier molecular flexibility index (Phi) is 3.26. The maximum Gasteiger partial charge on any atom is 0.310 e. The molecule has 22 heavy (non-hydrogen) atoms. The minimum Gasteiger partial charge on any atom is -0.481 e. The van der Waals surface area contributed by atoms with Gasteiger partial charge in [0.05, 0.1) is 5.41 Å². The van der Waals surface area contributed by atoms with E-state index >= 15 is 0 Å². The summed E-state index contributed by atoms with van der Waals surface area (Å²) >= 11 is 0. The lowest BCUT2D eigenvalue weighted by molar-refractivity contribution is -0.146. The zero-order chi connectivity index (χ0) is 16.1. The molecule has 3 rings (SSSR count). The number of carbonyl (C=O) groups is 1. The Balaban J connectivity index is 1.97. The average molecular weight is 327 g/mol. The Morgan fingerprint density at radius 3 is 2.77 bits per heavy atom. The molecule has 8 heteroatoms. The predicted octanol–water partition coefficient (Wildman–Crippen LogP) is 2.06. The van der Waals surface area contributed by atoms with Gasteiger partial charge in [0.2, 0.25) is 5.09 Å². The zero-order valence-electron chi connectivity index (χ0n) is 11.7. The summed E-state index contributed by atoms with van der Waals surface area (Å²) in [6.07, 6.45) is 0.233. The van der Waals surface area contributed by atoms with Crippen molar-refractivity contribution in [3.8, 4) is 0 Å². The van der Waals surface area contributed by atoms with Gasteiger partial charge in [-0.3, -0.25) is 4.79 Å². The van der Waals surface area contributed by atoms with Crippen LogP contribution < -0.4 is 0 Å². The lowest BCUT2D eigenvalue weighted by atomic mass is 9.90. The first kappa shape index (κ1) is 15.0. The quantitative estimate of drug-likeness (QED) is 0.932. The van der Waals surface area contributed by atoms with Gasteiger partial charge in [0.15, 0.2) is 0 Å². The first-order chi connectivity index (χ1) is 10.2. The Morgan fingerprint density at radius 2 is 2.14 bits per heavy atom. The number of fused-ring (bicyclic) bond motifs is 1. The number of benzene rings is 1. The summed E-state index contributed by atoms with van der Waals surface area (Å²) < 4.78 is 44.6. The SMILES string of the molecule is CC1(C(=O)O)CCN(S(=O)(=O)c2cc3cc(F)ccc3o2)C1. The topological polar surface area (TPSA) is 87.8 Å². The van der Waals surface area contributed by atoms with Crippen LogP contribution in [-0.4, -0.2) is 36.9 Å². The summed E-state index contributed by atoms with van der Waals surface area (Å²) in [7, 11) is -3.94. The minimum atomic E-state index is -3.94. The van der Waals surface area contributed by atoms with Crippen LogP contribution in [0.25, 0.3) is 11.0 Å². The molecule has 1 N–H and O–H groups in total. The molecule has 1 aromatic carbocycles. The highest BCUT2D eigenvalue weighted by Crippen LogP contribution is 2.35.